The molecule has 31 heavy (non-hydrogen) atoms. The van der Waals surface area contributed by atoms with Crippen molar-refractivity contribution in [1.82, 2.24) is 9.55 Å². The summed E-state index contributed by atoms with van der Waals surface area (Å²) < 4.78 is 7.68. The molecule has 0 aliphatic heterocycles. The van der Waals surface area contributed by atoms with Crippen LogP contribution >= 0.6 is 47.2 Å². The number of ketones is 1. The van der Waals surface area contributed by atoms with Crippen LogP contribution in [0.5, 0.6) is 0 Å². The molecule has 4 rings (SSSR count). The van der Waals surface area contributed by atoms with Crippen molar-refractivity contribution >= 4 is 58.6 Å². The molecule has 1 heterocycles. The third-order valence-corrected chi connectivity index (χ3v) is 5.66. The van der Waals surface area contributed by atoms with E-state index in [9.17, 15) is 4.79 Å². The average molecular weight is 496 g/mol. The molecule has 8 heteroatoms. The Labute approximate surface area is 201 Å². The molecule has 0 spiro atoms. The first-order valence-corrected chi connectivity index (χ1v) is 10.4. The number of hydrogen-bond acceptors (Lipinski definition) is 3. The van der Waals surface area contributed by atoms with Gasteiger partial charge in [-0.15, -0.1) is 12.4 Å². The number of ether oxygens (including phenoxy) is 1. The second-order valence-corrected chi connectivity index (χ2v) is 8.30. The van der Waals surface area contributed by atoms with Crippen LogP contribution in [0.4, 0.5) is 0 Å². The summed E-state index contributed by atoms with van der Waals surface area (Å²) in [6.07, 6.45) is 9.72. The van der Waals surface area contributed by atoms with Gasteiger partial charge < -0.3 is 9.30 Å². The Morgan fingerprint density at radius 2 is 1.94 bits per heavy atom. The normalized spacial score (nSPS) is 18.7. The van der Waals surface area contributed by atoms with Gasteiger partial charge in [0.25, 0.3) is 0 Å². The molecule has 0 saturated heterocycles. The van der Waals surface area contributed by atoms with Crippen LogP contribution < -0.4 is 0 Å². The molecule has 1 aromatic heterocycles. The van der Waals surface area contributed by atoms with Gasteiger partial charge in [-0.25, -0.2) is 4.98 Å². The molecule has 0 saturated carbocycles. The molecular weight excluding hydrogens is 478 g/mol. The molecule has 2 aromatic carbocycles. The molecule has 0 fully saturated rings. The van der Waals surface area contributed by atoms with E-state index in [1.165, 1.54) is 12.4 Å². The Bertz CT molecular complexity index is 1110. The summed E-state index contributed by atoms with van der Waals surface area (Å²) in [5.41, 5.74) is 2.42. The third-order valence-electron chi connectivity index (χ3n) is 4.74. The highest BCUT2D eigenvalue weighted by Crippen LogP contribution is 2.37. The predicted molar refractivity (Wildman–Crippen MR) is 127 cm³/mol. The number of carbonyl (C=O) groups is 1. The maximum absolute atomic E-state index is 13.3. The van der Waals surface area contributed by atoms with E-state index in [-0.39, 0.29) is 23.2 Å². The average Bonchev–Trinajstić information content (AvgIpc) is 3.27. The first-order valence-electron chi connectivity index (χ1n) is 9.23. The van der Waals surface area contributed by atoms with Gasteiger partial charge in [0.1, 0.15) is 0 Å². The molecule has 160 valence electrons. The summed E-state index contributed by atoms with van der Waals surface area (Å²) in [4.78, 5) is 17.3. The number of carbonyl (C=O) groups excluding carboxylic acids is 1. The van der Waals surface area contributed by atoms with E-state index in [1.807, 2.05) is 42.5 Å². The molecule has 4 nitrogen and oxygen atoms in total. The van der Waals surface area contributed by atoms with Crippen LogP contribution in [0.15, 0.2) is 85.5 Å². The first kappa shape index (κ1) is 23.6. The zero-order chi connectivity index (χ0) is 21.1. The number of allylic oxidation sites excluding steroid dienone is 2. The number of nitrogens with zero attached hydrogens (tertiary/aromatic N) is 2. The highest BCUT2D eigenvalue weighted by molar-refractivity contribution is 6.37. The number of halogens is 4. The molecule has 0 bridgehead atoms. The maximum Gasteiger partial charge on any atom is 0.214 e. The summed E-state index contributed by atoms with van der Waals surface area (Å²) >= 11 is 19.0. The largest absolute Gasteiger partial charge is 0.324 e. The molecular formula is C23H18Cl4N2O2. The summed E-state index contributed by atoms with van der Waals surface area (Å²) in [5, 5.41) is -0.503. The van der Waals surface area contributed by atoms with E-state index >= 15 is 0 Å². The van der Waals surface area contributed by atoms with Crippen molar-refractivity contribution in [3.8, 4) is 0 Å². The van der Waals surface area contributed by atoms with Crippen LogP contribution in [0.2, 0.25) is 10.0 Å². The Hall–Kier alpha value is -2.08. The van der Waals surface area contributed by atoms with Crippen LogP contribution in [-0.2, 0) is 4.74 Å². The lowest BCUT2D eigenvalue weighted by atomic mass is 9.98. The fraction of sp³-hybridized carbons (Fsp3) is 0.130. The highest BCUT2D eigenvalue weighted by atomic mass is 35.5. The van der Waals surface area contributed by atoms with Crippen LogP contribution in [-0.4, -0.2) is 20.4 Å². The van der Waals surface area contributed by atoms with Gasteiger partial charge >= 0.3 is 0 Å². The first-order chi connectivity index (χ1) is 14.5. The molecule has 2 atom stereocenters. The van der Waals surface area contributed by atoms with Gasteiger partial charge in [0, 0.05) is 29.4 Å². The van der Waals surface area contributed by atoms with Gasteiger partial charge in [0.15, 0.2) is 5.06 Å². The fourth-order valence-corrected chi connectivity index (χ4v) is 3.92. The minimum atomic E-state index is -1.19. The van der Waals surface area contributed by atoms with Gasteiger partial charge in [-0.3, -0.25) is 4.79 Å². The van der Waals surface area contributed by atoms with E-state index < -0.39 is 11.3 Å². The standard InChI is InChI=1S/C23H17Cl3N2O2.ClH/c24-18-6-7-19(20(25)14-18)21(29)22(28-13-12-27-15-28)30-23(26)10-8-17(9-11-23)16-4-2-1-3-5-16;/h1-10,12-15,22H,11H2;1H. The second kappa shape index (κ2) is 10.0. The van der Waals surface area contributed by atoms with E-state index in [0.29, 0.717) is 17.0 Å². The van der Waals surface area contributed by atoms with Gasteiger partial charge in [0.2, 0.25) is 12.0 Å². The Morgan fingerprint density at radius 1 is 1.16 bits per heavy atom. The minimum absolute atomic E-state index is 0. The van der Waals surface area contributed by atoms with E-state index in [4.69, 9.17) is 39.5 Å². The minimum Gasteiger partial charge on any atom is -0.324 e. The Kier molecular flexibility index (Phi) is 7.63. The van der Waals surface area contributed by atoms with Gasteiger partial charge in [-0.2, -0.15) is 0 Å². The number of benzene rings is 2. The van der Waals surface area contributed by atoms with Crippen molar-refractivity contribution in [2.45, 2.75) is 17.7 Å². The zero-order valence-electron chi connectivity index (χ0n) is 16.1. The van der Waals surface area contributed by atoms with Crippen molar-refractivity contribution in [3.05, 3.63) is 107 Å². The van der Waals surface area contributed by atoms with Gasteiger partial charge in [0.05, 0.1) is 11.3 Å². The zero-order valence-corrected chi connectivity index (χ0v) is 19.2. The quantitative estimate of drug-likeness (QED) is 0.273. The van der Waals surface area contributed by atoms with Gasteiger partial charge in [-0.05, 0) is 35.4 Å². The van der Waals surface area contributed by atoms with Crippen molar-refractivity contribution < 1.29 is 9.53 Å². The second-order valence-electron chi connectivity index (χ2n) is 6.82. The molecule has 0 radical (unpaired) electrons. The van der Waals surface area contributed by atoms with Crippen molar-refractivity contribution in [3.63, 3.8) is 0 Å². The summed E-state index contributed by atoms with van der Waals surface area (Å²) in [5.74, 6) is -0.346. The number of rotatable bonds is 6. The predicted octanol–water partition coefficient (Wildman–Crippen LogP) is 6.99. The lowest BCUT2D eigenvalue weighted by molar-refractivity contribution is -0.0367. The molecule has 0 N–H and O–H groups in total. The SMILES string of the molecule is Cl.O=C(c1ccc(Cl)cc1Cl)C(OC1(Cl)C=CC(c2ccccc2)=CC1)n1ccnc1. The number of aromatic nitrogens is 2. The van der Waals surface area contributed by atoms with Crippen molar-refractivity contribution in [2.75, 3.05) is 0 Å². The lowest BCUT2D eigenvalue weighted by Crippen LogP contribution is -2.33. The van der Waals surface area contributed by atoms with E-state index in [1.54, 1.807) is 35.2 Å². The topological polar surface area (TPSA) is 44.1 Å². The fourth-order valence-electron chi connectivity index (χ4n) is 3.20. The van der Waals surface area contributed by atoms with E-state index in [0.717, 1.165) is 11.1 Å². The molecule has 1 aliphatic rings. The summed E-state index contributed by atoms with van der Waals surface area (Å²) in [6, 6.07) is 14.7. The number of Topliss-reactive ketones (excluding diaryl/α,β-unsaturated/α-hetero) is 1. The van der Waals surface area contributed by atoms with E-state index in [2.05, 4.69) is 4.98 Å². The molecule has 0 amide bonds. The van der Waals surface area contributed by atoms with Crippen LogP contribution in [0, 0.1) is 0 Å². The van der Waals surface area contributed by atoms with Crippen molar-refractivity contribution in [1.29, 1.82) is 0 Å². The smallest absolute Gasteiger partial charge is 0.214 e. The van der Waals surface area contributed by atoms with Crippen LogP contribution in [0.25, 0.3) is 5.57 Å². The summed E-state index contributed by atoms with van der Waals surface area (Å²) in [6.45, 7) is 0. The maximum atomic E-state index is 13.3. The Morgan fingerprint density at radius 3 is 2.55 bits per heavy atom. The number of hydrogen-bond donors (Lipinski definition) is 0. The van der Waals surface area contributed by atoms with Gasteiger partial charge in [-0.1, -0.05) is 77.3 Å². The number of alkyl halides is 1. The third kappa shape index (κ3) is 5.40. The Balaban J connectivity index is 0.00000272. The molecule has 3 aromatic rings. The number of imidazole rings is 1. The lowest BCUT2D eigenvalue weighted by Gasteiger charge is -2.31. The highest BCUT2D eigenvalue weighted by Gasteiger charge is 2.35. The van der Waals surface area contributed by atoms with Crippen LogP contribution in [0.1, 0.15) is 28.6 Å². The molecule has 1 aliphatic carbocycles. The monoisotopic (exact) mass is 494 g/mol. The van der Waals surface area contributed by atoms with Crippen molar-refractivity contribution in [2.24, 2.45) is 0 Å². The molecule has 2 unspecified atom stereocenters. The van der Waals surface area contributed by atoms with Crippen LogP contribution in [0.3, 0.4) is 0 Å². The summed E-state index contributed by atoms with van der Waals surface area (Å²) in [7, 11) is 0.